The molecule has 0 aromatic heterocycles. The zero-order valence-electron chi connectivity index (χ0n) is 20.7. The van der Waals surface area contributed by atoms with Gasteiger partial charge in [-0.1, -0.05) is 24.3 Å². The number of para-hydroxylation sites is 1. The van der Waals surface area contributed by atoms with E-state index in [1.807, 2.05) is 44.2 Å². The highest BCUT2D eigenvalue weighted by molar-refractivity contribution is 5.93. The lowest BCUT2D eigenvalue weighted by Gasteiger charge is -2.27. The van der Waals surface area contributed by atoms with E-state index in [9.17, 15) is 14.9 Å². The van der Waals surface area contributed by atoms with E-state index in [4.69, 9.17) is 24.7 Å². The highest BCUT2D eigenvalue weighted by Crippen LogP contribution is 2.42. The number of esters is 1. The number of hydrogen-bond donors (Lipinski definition) is 2. The molecule has 0 aliphatic carbocycles. The van der Waals surface area contributed by atoms with Gasteiger partial charge in [0.25, 0.3) is 5.91 Å². The molecule has 188 valence electrons. The van der Waals surface area contributed by atoms with Gasteiger partial charge in [-0.2, -0.15) is 5.26 Å². The lowest BCUT2D eigenvalue weighted by molar-refractivity contribution is -0.139. The third-order valence-electron chi connectivity index (χ3n) is 5.48. The van der Waals surface area contributed by atoms with Gasteiger partial charge in [0.1, 0.15) is 17.4 Å². The molecular weight excluding hydrogens is 462 g/mol. The highest BCUT2D eigenvalue weighted by Gasteiger charge is 2.36. The minimum absolute atomic E-state index is 0.0809. The van der Waals surface area contributed by atoms with Crippen LogP contribution in [0.3, 0.4) is 0 Å². The second-order valence-electron chi connectivity index (χ2n) is 7.91. The Morgan fingerprint density at radius 3 is 2.50 bits per heavy atom. The molecule has 0 saturated heterocycles. The maximum atomic E-state index is 12.8. The molecule has 0 saturated carbocycles. The summed E-state index contributed by atoms with van der Waals surface area (Å²) in [5, 5.41) is 12.6. The van der Waals surface area contributed by atoms with Crippen LogP contribution in [0.2, 0.25) is 0 Å². The predicted octanol–water partition coefficient (Wildman–Crippen LogP) is 4.06. The number of hydrogen-bond acceptors (Lipinski definition) is 8. The van der Waals surface area contributed by atoms with E-state index in [-0.39, 0.29) is 41.9 Å². The van der Waals surface area contributed by atoms with E-state index < -0.39 is 11.9 Å². The molecule has 9 heteroatoms. The number of nitriles is 1. The molecule has 0 radical (unpaired) electrons. The number of aryl methyl sites for hydroxylation is 1. The number of nitrogens with zero attached hydrogens (tertiary/aromatic N) is 1. The van der Waals surface area contributed by atoms with Crippen LogP contribution in [0.15, 0.2) is 65.3 Å². The first-order valence-corrected chi connectivity index (χ1v) is 11.5. The molecule has 3 rings (SSSR count). The molecule has 0 fully saturated rings. The Bertz CT molecular complexity index is 1260. The number of ether oxygens (including phenoxy) is 4. The first-order chi connectivity index (χ1) is 17.3. The number of amides is 1. The van der Waals surface area contributed by atoms with Crippen molar-refractivity contribution in [1.29, 1.82) is 5.26 Å². The van der Waals surface area contributed by atoms with Gasteiger partial charge in [-0.05, 0) is 57.0 Å². The predicted molar refractivity (Wildman–Crippen MR) is 133 cm³/mol. The van der Waals surface area contributed by atoms with E-state index >= 15 is 0 Å². The summed E-state index contributed by atoms with van der Waals surface area (Å²) in [4.78, 5) is 25.2. The van der Waals surface area contributed by atoms with Crippen LogP contribution < -0.4 is 20.5 Å². The van der Waals surface area contributed by atoms with E-state index in [0.29, 0.717) is 29.4 Å². The van der Waals surface area contributed by atoms with E-state index in [1.54, 1.807) is 32.0 Å². The van der Waals surface area contributed by atoms with Gasteiger partial charge in [-0.3, -0.25) is 4.79 Å². The Kier molecular flexibility index (Phi) is 8.57. The van der Waals surface area contributed by atoms with Gasteiger partial charge in [-0.15, -0.1) is 0 Å². The maximum absolute atomic E-state index is 12.8. The van der Waals surface area contributed by atoms with Crippen molar-refractivity contribution in [1.82, 2.24) is 0 Å². The third-order valence-corrected chi connectivity index (χ3v) is 5.48. The zero-order chi connectivity index (χ0) is 26.2. The largest absolute Gasteiger partial charge is 0.490 e. The first-order valence-electron chi connectivity index (χ1n) is 11.5. The fourth-order valence-corrected chi connectivity index (χ4v) is 3.82. The summed E-state index contributed by atoms with van der Waals surface area (Å²) in [6.07, 6.45) is 0. The monoisotopic (exact) mass is 491 g/mol. The molecule has 2 aromatic rings. The molecule has 0 spiro atoms. The maximum Gasteiger partial charge on any atom is 0.338 e. The Labute approximate surface area is 210 Å². The van der Waals surface area contributed by atoms with Gasteiger partial charge < -0.3 is 30.0 Å². The molecule has 2 aromatic carbocycles. The van der Waals surface area contributed by atoms with Crippen LogP contribution in [-0.4, -0.2) is 31.7 Å². The molecular formula is C27H29N3O6. The second kappa shape index (κ2) is 11.8. The molecule has 1 aliphatic rings. The van der Waals surface area contributed by atoms with Crippen molar-refractivity contribution >= 4 is 17.6 Å². The van der Waals surface area contributed by atoms with Gasteiger partial charge in [0.2, 0.25) is 5.88 Å². The topological polar surface area (TPSA) is 133 Å². The number of benzene rings is 2. The minimum atomic E-state index is -0.819. The SMILES string of the molecule is CCOC(=O)C1=C(C)OC(N)=C(C#N)C1c1ccc(OCC(=O)Nc2ccccc2C)c(OCC)c1. The zero-order valence-corrected chi connectivity index (χ0v) is 20.7. The molecule has 9 nitrogen and oxygen atoms in total. The van der Waals surface area contributed by atoms with Gasteiger partial charge in [0, 0.05) is 5.69 Å². The third kappa shape index (κ3) is 5.78. The molecule has 1 unspecified atom stereocenters. The average Bonchev–Trinajstić information content (AvgIpc) is 2.84. The van der Waals surface area contributed by atoms with Crippen LogP contribution in [0.1, 0.15) is 37.8 Å². The quantitative estimate of drug-likeness (QED) is 0.502. The molecule has 1 aliphatic heterocycles. The fourth-order valence-electron chi connectivity index (χ4n) is 3.82. The van der Waals surface area contributed by atoms with Crippen molar-refractivity contribution in [3.8, 4) is 17.6 Å². The minimum Gasteiger partial charge on any atom is -0.490 e. The Hall–Kier alpha value is -4.45. The molecule has 1 heterocycles. The van der Waals surface area contributed by atoms with Gasteiger partial charge >= 0.3 is 5.97 Å². The number of allylic oxidation sites excluding steroid dienone is 2. The van der Waals surface area contributed by atoms with Crippen LogP contribution in [0, 0.1) is 18.3 Å². The van der Waals surface area contributed by atoms with Gasteiger partial charge in [0.05, 0.1) is 24.7 Å². The van der Waals surface area contributed by atoms with Gasteiger partial charge in [0.15, 0.2) is 18.1 Å². The second-order valence-corrected chi connectivity index (χ2v) is 7.91. The van der Waals surface area contributed by atoms with Crippen LogP contribution in [0.4, 0.5) is 5.69 Å². The van der Waals surface area contributed by atoms with Crippen molar-refractivity contribution in [3.05, 3.63) is 76.4 Å². The summed E-state index contributed by atoms with van der Waals surface area (Å²) in [5.74, 6) is -0.902. The van der Waals surface area contributed by atoms with Crippen molar-refractivity contribution in [2.75, 3.05) is 25.1 Å². The molecule has 1 amide bonds. The van der Waals surface area contributed by atoms with Crippen molar-refractivity contribution < 1.29 is 28.5 Å². The summed E-state index contributed by atoms with van der Waals surface area (Å²) in [5.41, 5.74) is 8.42. The fraction of sp³-hybridized carbons (Fsp3) is 0.296. The summed E-state index contributed by atoms with van der Waals surface area (Å²) in [6.45, 7) is 7.23. The summed E-state index contributed by atoms with van der Waals surface area (Å²) in [6, 6.07) is 14.4. The van der Waals surface area contributed by atoms with Gasteiger partial charge in [-0.25, -0.2) is 4.79 Å². The number of nitrogens with two attached hydrogens (primary N) is 1. The van der Waals surface area contributed by atoms with Crippen LogP contribution in [0.25, 0.3) is 0 Å². The van der Waals surface area contributed by atoms with E-state index in [0.717, 1.165) is 5.56 Å². The van der Waals surface area contributed by atoms with E-state index in [2.05, 4.69) is 5.32 Å². The molecule has 0 bridgehead atoms. The molecule has 36 heavy (non-hydrogen) atoms. The Balaban J connectivity index is 1.90. The lowest BCUT2D eigenvalue weighted by Crippen LogP contribution is -2.25. The van der Waals surface area contributed by atoms with Crippen LogP contribution in [-0.2, 0) is 19.1 Å². The summed E-state index contributed by atoms with van der Waals surface area (Å²) in [7, 11) is 0. The highest BCUT2D eigenvalue weighted by atomic mass is 16.5. The Morgan fingerprint density at radius 2 is 1.83 bits per heavy atom. The van der Waals surface area contributed by atoms with Crippen molar-refractivity contribution in [3.63, 3.8) is 0 Å². The summed E-state index contributed by atoms with van der Waals surface area (Å²) >= 11 is 0. The number of carbonyl (C=O) groups excluding carboxylic acids is 2. The van der Waals surface area contributed by atoms with Crippen LogP contribution >= 0.6 is 0 Å². The molecule has 1 atom stereocenters. The summed E-state index contributed by atoms with van der Waals surface area (Å²) < 4.78 is 22.2. The number of rotatable bonds is 9. The van der Waals surface area contributed by atoms with Crippen LogP contribution in [0.5, 0.6) is 11.5 Å². The van der Waals surface area contributed by atoms with E-state index in [1.165, 1.54) is 0 Å². The normalized spacial score (nSPS) is 15.0. The average molecular weight is 492 g/mol. The Morgan fingerprint density at radius 1 is 1.08 bits per heavy atom. The first kappa shape index (κ1) is 26.2. The molecule has 3 N–H and O–H groups in total. The lowest BCUT2D eigenvalue weighted by atomic mass is 9.83. The number of carbonyl (C=O) groups is 2. The smallest absolute Gasteiger partial charge is 0.338 e. The number of nitrogens with one attached hydrogen (secondary N) is 1. The van der Waals surface area contributed by atoms with Crippen molar-refractivity contribution in [2.45, 2.75) is 33.6 Å². The standard InChI is InChI=1S/C27H29N3O6/c1-5-33-22-13-18(25-19(14-28)26(29)36-17(4)24(25)27(32)34-6-2)11-12-21(22)35-15-23(31)30-20-10-8-7-9-16(20)3/h7-13,25H,5-6,15,29H2,1-4H3,(H,30,31). The number of anilines is 1. The van der Waals surface area contributed by atoms with Crippen molar-refractivity contribution in [2.24, 2.45) is 5.73 Å².